The molecule has 33 heavy (non-hydrogen) atoms. The van der Waals surface area contributed by atoms with Crippen LogP contribution in [0.3, 0.4) is 0 Å². The van der Waals surface area contributed by atoms with E-state index in [2.05, 4.69) is 10.3 Å². The number of benzene rings is 1. The first kappa shape index (κ1) is 25.2. The number of hydrogen-bond donors (Lipinski definition) is 1. The van der Waals surface area contributed by atoms with Crippen LogP contribution in [0.2, 0.25) is 0 Å². The molecule has 0 spiro atoms. The number of hydrogen-bond acceptors (Lipinski definition) is 6. The fourth-order valence-corrected chi connectivity index (χ4v) is 4.97. The van der Waals surface area contributed by atoms with E-state index in [-0.39, 0.29) is 24.1 Å². The van der Waals surface area contributed by atoms with Gasteiger partial charge >= 0.3 is 6.09 Å². The molecule has 7 nitrogen and oxygen atoms in total. The Bertz CT molecular complexity index is 898. The van der Waals surface area contributed by atoms with Gasteiger partial charge in [-0.15, -0.1) is 11.3 Å². The highest BCUT2D eigenvalue weighted by Gasteiger charge is 2.41. The Labute approximate surface area is 200 Å². The van der Waals surface area contributed by atoms with Gasteiger partial charge in [0.2, 0.25) is 5.91 Å². The third kappa shape index (κ3) is 6.77. The average molecular weight is 474 g/mol. The number of likely N-dealkylation sites (tertiary alicyclic amines) is 1. The van der Waals surface area contributed by atoms with E-state index < -0.39 is 17.6 Å². The molecule has 1 aliphatic rings. The molecular formula is C25H35N3O4S. The van der Waals surface area contributed by atoms with Crippen LogP contribution in [-0.4, -0.2) is 53.3 Å². The predicted octanol–water partition coefficient (Wildman–Crippen LogP) is 4.59. The van der Waals surface area contributed by atoms with Gasteiger partial charge in [-0.25, -0.2) is 9.78 Å². The van der Waals surface area contributed by atoms with Crippen LogP contribution < -0.4 is 5.32 Å². The van der Waals surface area contributed by atoms with E-state index in [4.69, 9.17) is 9.47 Å². The molecule has 0 bridgehead atoms. The van der Waals surface area contributed by atoms with Crippen molar-refractivity contribution in [1.82, 2.24) is 15.2 Å². The Hall–Kier alpha value is -2.45. The van der Waals surface area contributed by atoms with Gasteiger partial charge in [-0.1, -0.05) is 37.3 Å². The van der Waals surface area contributed by atoms with Crippen LogP contribution in [0.15, 0.2) is 41.9 Å². The molecular weight excluding hydrogens is 438 g/mol. The van der Waals surface area contributed by atoms with Gasteiger partial charge in [0.15, 0.2) is 0 Å². The summed E-state index contributed by atoms with van der Waals surface area (Å²) in [6.45, 7) is 8.02. The summed E-state index contributed by atoms with van der Waals surface area (Å²) in [6, 6.07) is 9.61. The maximum atomic E-state index is 13.4. The highest BCUT2D eigenvalue weighted by Crippen LogP contribution is 2.29. The second-order valence-corrected chi connectivity index (χ2v) is 10.4. The third-order valence-electron chi connectivity index (χ3n) is 5.83. The molecule has 1 N–H and O–H groups in total. The minimum Gasteiger partial charge on any atom is -0.444 e. The van der Waals surface area contributed by atoms with Crippen LogP contribution in [0.1, 0.15) is 57.1 Å². The number of carbonyl (C=O) groups is 2. The van der Waals surface area contributed by atoms with Gasteiger partial charge in [-0.2, -0.15) is 0 Å². The Kier molecular flexibility index (Phi) is 8.48. The highest BCUT2D eigenvalue weighted by atomic mass is 32.1. The van der Waals surface area contributed by atoms with Gasteiger partial charge in [0, 0.05) is 25.2 Å². The van der Waals surface area contributed by atoms with Crippen molar-refractivity contribution in [2.75, 3.05) is 13.7 Å². The monoisotopic (exact) mass is 473 g/mol. The maximum Gasteiger partial charge on any atom is 0.410 e. The number of aromatic nitrogens is 1. The molecule has 1 aromatic carbocycles. The minimum absolute atomic E-state index is 0.117. The molecule has 4 atom stereocenters. The van der Waals surface area contributed by atoms with Crippen molar-refractivity contribution in [1.29, 1.82) is 0 Å². The lowest BCUT2D eigenvalue weighted by atomic mass is 9.94. The van der Waals surface area contributed by atoms with Crippen LogP contribution >= 0.6 is 11.3 Å². The van der Waals surface area contributed by atoms with Gasteiger partial charge in [0.05, 0.1) is 24.1 Å². The zero-order valence-corrected chi connectivity index (χ0v) is 20.9. The minimum atomic E-state index is -0.575. The maximum absolute atomic E-state index is 13.4. The summed E-state index contributed by atoms with van der Waals surface area (Å²) in [6.07, 6.45) is 3.24. The zero-order valence-electron chi connectivity index (χ0n) is 20.1. The molecule has 2 amide bonds. The molecule has 3 rings (SSSR count). The molecule has 0 aliphatic carbocycles. The average Bonchev–Trinajstić information content (AvgIpc) is 3.46. The third-order valence-corrected chi connectivity index (χ3v) is 6.72. The molecule has 1 aromatic heterocycles. The molecule has 0 radical (unpaired) electrons. The van der Waals surface area contributed by atoms with Gasteiger partial charge in [0.25, 0.3) is 0 Å². The van der Waals surface area contributed by atoms with Crippen molar-refractivity contribution in [3.8, 4) is 0 Å². The number of carbonyl (C=O) groups excluding carboxylic acids is 2. The normalized spacial score (nSPS) is 19.1. The van der Waals surface area contributed by atoms with Crippen LogP contribution in [0.5, 0.6) is 0 Å². The number of nitrogens with zero attached hydrogens (tertiary/aromatic N) is 2. The second-order valence-electron chi connectivity index (χ2n) is 9.49. The van der Waals surface area contributed by atoms with Crippen molar-refractivity contribution < 1.29 is 19.1 Å². The predicted molar refractivity (Wildman–Crippen MR) is 129 cm³/mol. The smallest absolute Gasteiger partial charge is 0.410 e. The van der Waals surface area contributed by atoms with Gasteiger partial charge < -0.3 is 19.7 Å². The van der Waals surface area contributed by atoms with E-state index in [0.29, 0.717) is 13.0 Å². The Morgan fingerprint density at radius 1 is 1.27 bits per heavy atom. The van der Waals surface area contributed by atoms with Crippen molar-refractivity contribution in [2.24, 2.45) is 5.92 Å². The van der Waals surface area contributed by atoms with E-state index in [1.807, 2.05) is 63.4 Å². The topological polar surface area (TPSA) is 80.8 Å². The van der Waals surface area contributed by atoms with Crippen LogP contribution in [0.25, 0.3) is 0 Å². The van der Waals surface area contributed by atoms with E-state index in [9.17, 15) is 9.59 Å². The molecule has 1 saturated heterocycles. The Morgan fingerprint density at radius 2 is 2.00 bits per heavy atom. The summed E-state index contributed by atoms with van der Waals surface area (Å²) in [4.78, 5) is 32.3. The Balaban J connectivity index is 1.72. The quantitative estimate of drug-likeness (QED) is 0.606. The summed E-state index contributed by atoms with van der Waals surface area (Å²) in [7, 11) is 1.60. The summed E-state index contributed by atoms with van der Waals surface area (Å²) in [5.74, 6) is -0.574. The van der Waals surface area contributed by atoms with E-state index in [0.717, 1.165) is 23.4 Å². The van der Waals surface area contributed by atoms with E-state index >= 15 is 0 Å². The summed E-state index contributed by atoms with van der Waals surface area (Å²) in [5.41, 5.74) is 0.551. The number of methoxy groups -OCH3 is 1. The van der Waals surface area contributed by atoms with Crippen LogP contribution in [0, 0.1) is 5.92 Å². The zero-order chi connectivity index (χ0) is 24.0. The summed E-state index contributed by atoms with van der Waals surface area (Å²) >= 11 is 1.53. The molecule has 1 unspecified atom stereocenters. The van der Waals surface area contributed by atoms with Gasteiger partial charge in [-0.05, 0) is 45.6 Å². The van der Waals surface area contributed by atoms with Crippen LogP contribution in [0.4, 0.5) is 4.79 Å². The molecule has 2 heterocycles. The first-order valence-corrected chi connectivity index (χ1v) is 12.3. The fraction of sp³-hybridized carbons (Fsp3) is 0.560. The molecule has 2 aromatic rings. The lowest BCUT2D eigenvalue weighted by Crippen LogP contribution is -2.51. The fourth-order valence-electron chi connectivity index (χ4n) is 4.28. The number of ether oxygens (including phenoxy) is 2. The molecule has 1 aliphatic heterocycles. The number of nitrogens with one attached hydrogen (secondary N) is 1. The van der Waals surface area contributed by atoms with Crippen molar-refractivity contribution >= 4 is 23.3 Å². The van der Waals surface area contributed by atoms with Gasteiger partial charge in [-0.3, -0.25) is 4.79 Å². The molecule has 180 valence electrons. The Morgan fingerprint density at radius 3 is 2.61 bits per heavy atom. The summed E-state index contributed by atoms with van der Waals surface area (Å²) < 4.78 is 11.4. The number of amides is 2. The number of thiazole rings is 1. The van der Waals surface area contributed by atoms with Gasteiger partial charge in [0.1, 0.15) is 10.6 Å². The lowest BCUT2D eigenvalue weighted by Gasteiger charge is -2.35. The van der Waals surface area contributed by atoms with E-state index in [1.165, 1.54) is 11.3 Å². The summed E-state index contributed by atoms with van der Waals surface area (Å²) in [5, 5.41) is 5.96. The lowest BCUT2D eigenvalue weighted by molar-refractivity contribution is -0.131. The highest BCUT2D eigenvalue weighted by molar-refractivity contribution is 7.09. The SMILES string of the molecule is CO[C@H]([C@@H](C)C(=O)NC(Cc1ccccc1)c1nccs1)[C@@H]1CCCN1C(=O)OC(C)(C)C. The van der Waals surface area contributed by atoms with E-state index in [1.54, 1.807) is 18.2 Å². The second kappa shape index (κ2) is 11.1. The number of rotatable bonds is 8. The standard InChI is InChI=1S/C25H35N3O4S/c1-17(21(31-5)20-12-9-14-28(20)24(30)32-25(2,3)4)22(29)27-19(23-26-13-15-33-23)16-18-10-7-6-8-11-18/h6-8,10-11,13,15,17,19-21H,9,12,14,16H2,1-5H3,(H,27,29)/t17-,19?,20+,21-/m1/s1. The first-order valence-electron chi connectivity index (χ1n) is 11.5. The van der Waals surface area contributed by atoms with Crippen molar-refractivity contribution in [2.45, 2.75) is 70.7 Å². The molecule has 0 saturated carbocycles. The molecule has 1 fully saturated rings. The van der Waals surface area contributed by atoms with Crippen LogP contribution in [-0.2, 0) is 20.7 Å². The van der Waals surface area contributed by atoms with Crippen molar-refractivity contribution in [3.05, 3.63) is 52.5 Å². The molecule has 8 heteroatoms. The largest absolute Gasteiger partial charge is 0.444 e. The first-order chi connectivity index (χ1) is 15.7. The van der Waals surface area contributed by atoms with Crippen molar-refractivity contribution in [3.63, 3.8) is 0 Å².